The van der Waals surface area contributed by atoms with E-state index in [1.54, 1.807) is 25.6 Å². The predicted octanol–water partition coefficient (Wildman–Crippen LogP) is 2.93. The Morgan fingerprint density at radius 1 is 1.15 bits per heavy atom. The lowest BCUT2D eigenvalue weighted by Gasteiger charge is -2.22. The molecule has 1 fully saturated rings. The maximum Gasteiger partial charge on any atom is 0.242 e. The van der Waals surface area contributed by atoms with Gasteiger partial charge in [-0.05, 0) is 12.8 Å². The van der Waals surface area contributed by atoms with Gasteiger partial charge in [-0.15, -0.1) is 0 Å². The summed E-state index contributed by atoms with van der Waals surface area (Å²) in [6, 6.07) is 3.36. The van der Waals surface area contributed by atoms with Crippen molar-refractivity contribution >= 4 is 17.5 Å². The van der Waals surface area contributed by atoms with Crippen molar-refractivity contribution in [3.63, 3.8) is 0 Å². The van der Waals surface area contributed by atoms with Crippen molar-refractivity contribution in [1.82, 2.24) is 25.1 Å². The molecule has 0 N–H and O–H groups in total. The summed E-state index contributed by atoms with van der Waals surface area (Å²) in [7, 11) is 3.08. The van der Waals surface area contributed by atoms with Gasteiger partial charge in [-0.3, -0.25) is 0 Å². The predicted molar refractivity (Wildman–Crippen MR) is 97.0 cm³/mol. The molecule has 0 radical (unpaired) electrons. The van der Waals surface area contributed by atoms with Crippen LogP contribution in [0.5, 0.6) is 11.8 Å². The average molecular weight is 389 g/mol. The first kappa shape index (κ1) is 17.5. The molecule has 1 unspecified atom stereocenters. The standard InChI is InChI=1S/C17H17ClN6O3/c1-25-14-9-13(18)21-17(22-14)24-7-3-4-11(24)12-8-10(23-27-12)15-16(26-2)20-6-5-19-15/h5-6,8-9,11H,3-4,7H2,1-2H3. The van der Waals surface area contributed by atoms with Crippen molar-refractivity contribution < 1.29 is 14.0 Å². The van der Waals surface area contributed by atoms with Gasteiger partial charge >= 0.3 is 0 Å². The highest BCUT2D eigenvalue weighted by molar-refractivity contribution is 6.29. The minimum absolute atomic E-state index is 0.0583. The Hall–Kier alpha value is -2.94. The number of nitrogens with zero attached hydrogens (tertiary/aromatic N) is 6. The number of ether oxygens (including phenoxy) is 2. The molecule has 1 aliphatic rings. The first-order chi connectivity index (χ1) is 13.2. The summed E-state index contributed by atoms with van der Waals surface area (Å²) < 4.78 is 16.1. The average Bonchev–Trinajstić information content (AvgIpc) is 3.36. The third-order valence-corrected chi connectivity index (χ3v) is 4.53. The minimum atomic E-state index is -0.0583. The maximum atomic E-state index is 6.10. The van der Waals surface area contributed by atoms with Crippen LogP contribution in [0, 0.1) is 0 Å². The van der Waals surface area contributed by atoms with Gasteiger partial charge in [0.15, 0.2) is 11.5 Å². The second kappa shape index (κ2) is 7.36. The number of hydrogen-bond donors (Lipinski definition) is 0. The smallest absolute Gasteiger partial charge is 0.242 e. The molecule has 0 spiro atoms. The topological polar surface area (TPSA) is 99.3 Å². The molecule has 140 valence electrons. The van der Waals surface area contributed by atoms with Crippen LogP contribution in [-0.2, 0) is 0 Å². The van der Waals surface area contributed by atoms with Crippen LogP contribution >= 0.6 is 11.6 Å². The zero-order chi connectivity index (χ0) is 18.8. The summed E-state index contributed by atoms with van der Waals surface area (Å²) in [5.41, 5.74) is 1.09. The molecule has 0 amide bonds. The number of rotatable bonds is 5. The van der Waals surface area contributed by atoms with E-state index in [-0.39, 0.29) is 6.04 Å². The van der Waals surface area contributed by atoms with Gasteiger partial charge in [-0.2, -0.15) is 4.98 Å². The first-order valence-electron chi connectivity index (χ1n) is 8.37. The zero-order valence-electron chi connectivity index (χ0n) is 14.8. The zero-order valence-corrected chi connectivity index (χ0v) is 15.5. The molecular formula is C17H17ClN6O3. The molecular weight excluding hydrogens is 372 g/mol. The highest BCUT2D eigenvalue weighted by Gasteiger charge is 2.32. The second-order valence-electron chi connectivity index (χ2n) is 5.91. The Morgan fingerprint density at radius 2 is 2.00 bits per heavy atom. The van der Waals surface area contributed by atoms with E-state index >= 15 is 0 Å². The van der Waals surface area contributed by atoms with E-state index in [1.807, 2.05) is 11.0 Å². The second-order valence-corrected chi connectivity index (χ2v) is 6.30. The lowest BCUT2D eigenvalue weighted by molar-refractivity contribution is 0.360. The molecule has 10 heteroatoms. The van der Waals surface area contributed by atoms with Crippen LogP contribution in [0.4, 0.5) is 5.95 Å². The summed E-state index contributed by atoms with van der Waals surface area (Å²) in [5.74, 6) is 2.00. The largest absolute Gasteiger partial charge is 0.481 e. The van der Waals surface area contributed by atoms with E-state index in [0.717, 1.165) is 19.4 Å². The SMILES string of the molecule is COc1cc(Cl)nc(N2CCCC2c2cc(-c3nccnc3OC)no2)n1. The molecule has 3 aromatic rings. The van der Waals surface area contributed by atoms with Crippen LogP contribution in [0.3, 0.4) is 0 Å². The van der Waals surface area contributed by atoms with Gasteiger partial charge in [0.2, 0.25) is 17.7 Å². The van der Waals surface area contributed by atoms with Gasteiger partial charge in [0.1, 0.15) is 10.8 Å². The van der Waals surface area contributed by atoms with Crippen LogP contribution in [0.25, 0.3) is 11.4 Å². The fourth-order valence-corrected chi connectivity index (χ4v) is 3.30. The Balaban J connectivity index is 1.65. The first-order valence-corrected chi connectivity index (χ1v) is 8.74. The number of aromatic nitrogens is 5. The summed E-state index contributed by atoms with van der Waals surface area (Å²) in [4.78, 5) is 19.2. The van der Waals surface area contributed by atoms with E-state index < -0.39 is 0 Å². The Kier molecular flexibility index (Phi) is 4.76. The third kappa shape index (κ3) is 3.37. The number of hydrogen-bond acceptors (Lipinski definition) is 9. The van der Waals surface area contributed by atoms with E-state index in [0.29, 0.717) is 40.0 Å². The number of methoxy groups -OCH3 is 2. The number of anilines is 1. The Bertz CT molecular complexity index is 950. The van der Waals surface area contributed by atoms with Gasteiger partial charge in [0, 0.05) is 31.1 Å². The van der Waals surface area contributed by atoms with Gasteiger partial charge in [-0.25, -0.2) is 15.0 Å². The Morgan fingerprint density at radius 3 is 2.81 bits per heavy atom. The summed E-state index contributed by atoms with van der Waals surface area (Å²) in [6.45, 7) is 0.776. The molecule has 9 nitrogen and oxygen atoms in total. The van der Waals surface area contributed by atoms with Crippen molar-refractivity contribution in [2.75, 3.05) is 25.7 Å². The van der Waals surface area contributed by atoms with Gasteiger partial charge in [-0.1, -0.05) is 16.8 Å². The minimum Gasteiger partial charge on any atom is -0.481 e. The van der Waals surface area contributed by atoms with Crippen molar-refractivity contribution in [3.8, 4) is 23.1 Å². The fraction of sp³-hybridized carbons (Fsp3) is 0.353. The molecule has 0 aliphatic carbocycles. The van der Waals surface area contributed by atoms with Crippen LogP contribution in [0.1, 0.15) is 24.6 Å². The highest BCUT2D eigenvalue weighted by atomic mass is 35.5. The van der Waals surface area contributed by atoms with E-state index in [2.05, 4.69) is 25.1 Å². The van der Waals surface area contributed by atoms with Gasteiger partial charge in [0.25, 0.3) is 0 Å². The molecule has 4 heterocycles. The van der Waals surface area contributed by atoms with E-state index in [1.165, 1.54) is 7.11 Å². The molecule has 4 rings (SSSR count). The molecule has 27 heavy (non-hydrogen) atoms. The summed E-state index contributed by atoms with van der Waals surface area (Å²) in [5, 5.41) is 4.47. The highest BCUT2D eigenvalue weighted by Crippen LogP contribution is 2.37. The quantitative estimate of drug-likeness (QED) is 0.610. The van der Waals surface area contributed by atoms with E-state index in [9.17, 15) is 0 Å². The van der Waals surface area contributed by atoms with Gasteiger partial charge in [0.05, 0.1) is 20.3 Å². The summed E-state index contributed by atoms with van der Waals surface area (Å²) in [6.07, 6.45) is 4.99. The lowest BCUT2D eigenvalue weighted by atomic mass is 10.1. The molecule has 1 aliphatic heterocycles. The Labute approximate surface area is 160 Å². The molecule has 0 saturated carbocycles. The molecule has 1 atom stereocenters. The van der Waals surface area contributed by atoms with Crippen molar-refractivity contribution in [2.45, 2.75) is 18.9 Å². The van der Waals surface area contributed by atoms with Crippen LogP contribution < -0.4 is 14.4 Å². The van der Waals surface area contributed by atoms with Crippen molar-refractivity contribution in [3.05, 3.63) is 35.4 Å². The molecule has 0 bridgehead atoms. The van der Waals surface area contributed by atoms with Crippen LogP contribution in [-0.4, -0.2) is 45.9 Å². The van der Waals surface area contributed by atoms with Crippen LogP contribution in [0.15, 0.2) is 29.0 Å². The van der Waals surface area contributed by atoms with Crippen molar-refractivity contribution in [2.24, 2.45) is 0 Å². The van der Waals surface area contributed by atoms with Crippen LogP contribution in [0.2, 0.25) is 5.15 Å². The third-order valence-electron chi connectivity index (χ3n) is 4.34. The maximum absolute atomic E-state index is 6.10. The normalized spacial score (nSPS) is 16.6. The van der Waals surface area contributed by atoms with E-state index in [4.69, 9.17) is 25.6 Å². The fourth-order valence-electron chi connectivity index (χ4n) is 3.13. The lowest BCUT2D eigenvalue weighted by Crippen LogP contribution is -2.24. The number of halogens is 1. The molecule has 3 aromatic heterocycles. The monoisotopic (exact) mass is 388 g/mol. The molecule has 0 aromatic carbocycles. The summed E-state index contributed by atoms with van der Waals surface area (Å²) >= 11 is 6.10. The molecule has 1 saturated heterocycles. The van der Waals surface area contributed by atoms with Gasteiger partial charge < -0.3 is 18.9 Å². The van der Waals surface area contributed by atoms with Crippen molar-refractivity contribution in [1.29, 1.82) is 0 Å².